The predicted molar refractivity (Wildman–Crippen MR) is 112 cm³/mol. The maximum atomic E-state index is 13.5. The van der Waals surface area contributed by atoms with Crippen LogP contribution in [0.1, 0.15) is 40.8 Å². The van der Waals surface area contributed by atoms with Crippen molar-refractivity contribution in [2.75, 3.05) is 25.7 Å². The van der Waals surface area contributed by atoms with E-state index in [2.05, 4.69) is 16.9 Å². The molecule has 28 heavy (non-hydrogen) atoms. The Morgan fingerprint density at radius 3 is 2.57 bits per heavy atom. The maximum Gasteiger partial charge on any atom is 0.268 e. The number of hydrogen-bond donors (Lipinski definition) is 0. The summed E-state index contributed by atoms with van der Waals surface area (Å²) in [6.45, 7) is 5.01. The lowest BCUT2D eigenvalue weighted by atomic mass is 10.1. The third kappa shape index (κ3) is 4.00. The van der Waals surface area contributed by atoms with E-state index in [1.807, 2.05) is 42.2 Å². The first kappa shape index (κ1) is 20.2. The van der Waals surface area contributed by atoms with Gasteiger partial charge in [-0.3, -0.25) is 4.79 Å². The third-order valence-corrected chi connectivity index (χ3v) is 5.69. The van der Waals surface area contributed by atoms with Crippen LogP contribution in [0.4, 0.5) is 5.69 Å². The highest BCUT2D eigenvalue weighted by Crippen LogP contribution is 2.36. The molecule has 0 radical (unpaired) electrons. The van der Waals surface area contributed by atoms with Crippen LogP contribution >= 0.6 is 11.3 Å². The van der Waals surface area contributed by atoms with Gasteiger partial charge in [0.05, 0.1) is 17.4 Å². The number of amides is 1. The quantitative estimate of drug-likeness (QED) is 0.554. The number of rotatable bonds is 8. The third-order valence-electron chi connectivity index (χ3n) is 4.51. The van der Waals surface area contributed by atoms with Gasteiger partial charge in [-0.2, -0.15) is 4.98 Å². The number of methoxy groups -OCH3 is 2. The van der Waals surface area contributed by atoms with E-state index in [1.54, 1.807) is 14.2 Å². The lowest BCUT2D eigenvalue weighted by molar-refractivity contribution is 0.0990. The van der Waals surface area contributed by atoms with E-state index >= 15 is 0 Å². The number of benzene rings is 1. The molecular formula is C21H25N3O3S. The summed E-state index contributed by atoms with van der Waals surface area (Å²) in [6, 6.07) is 9.78. The van der Waals surface area contributed by atoms with Gasteiger partial charge in [0.15, 0.2) is 5.82 Å². The van der Waals surface area contributed by atoms with E-state index < -0.39 is 0 Å². The van der Waals surface area contributed by atoms with Gasteiger partial charge in [-0.15, -0.1) is 11.3 Å². The lowest BCUT2D eigenvalue weighted by Gasteiger charge is -2.22. The summed E-state index contributed by atoms with van der Waals surface area (Å²) >= 11 is 1.38. The van der Waals surface area contributed by atoms with Gasteiger partial charge in [0, 0.05) is 19.3 Å². The minimum absolute atomic E-state index is 0.0181. The van der Waals surface area contributed by atoms with Gasteiger partial charge in [-0.1, -0.05) is 31.5 Å². The van der Waals surface area contributed by atoms with E-state index in [-0.39, 0.29) is 5.91 Å². The van der Waals surface area contributed by atoms with E-state index in [0.717, 1.165) is 34.3 Å². The molecule has 148 valence electrons. The van der Waals surface area contributed by atoms with Crippen LogP contribution in [0.3, 0.4) is 0 Å². The monoisotopic (exact) mass is 399 g/mol. The minimum Gasteiger partial charge on any atom is -0.480 e. The first-order valence-electron chi connectivity index (χ1n) is 9.30. The molecule has 2 heterocycles. The number of carbonyl (C=O) groups is 1. The summed E-state index contributed by atoms with van der Waals surface area (Å²) < 4.78 is 10.6. The number of ether oxygens (including phenoxy) is 2. The van der Waals surface area contributed by atoms with E-state index in [0.29, 0.717) is 29.7 Å². The molecule has 0 aliphatic carbocycles. The second-order valence-electron chi connectivity index (χ2n) is 6.46. The molecule has 1 aromatic carbocycles. The Balaban J connectivity index is 2.07. The number of unbranched alkanes of at least 4 members (excludes halogenated alkanes) is 1. The topological polar surface area (TPSA) is 64.6 Å². The molecule has 0 bridgehead atoms. The Labute approximate surface area is 169 Å². The summed E-state index contributed by atoms with van der Waals surface area (Å²) in [5, 5.41) is 0.791. The summed E-state index contributed by atoms with van der Waals surface area (Å²) in [6.07, 6.45) is 1.95. The van der Waals surface area contributed by atoms with Crippen molar-refractivity contribution in [1.29, 1.82) is 0 Å². The fourth-order valence-electron chi connectivity index (χ4n) is 3.08. The van der Waals surface area contributed by atoms with Gasteiger partial charge in [0.1, 0.15) is 11.4 Å². The van der Waals surface area contributed by atoms with Crippen LogP contribution in [0.25, 0.3) is 10.2 Å². The molecule has 0 saturated heterocycles. The summed E-state index contributed by atoms with van der Waals surface area (Å²) in [5.41, 5.74) is 1.75. The van der Waals surface area contributed by atoms with Gasteiger partial charge in [-0.05, 0) is 31.0 Å². The second-order valence-corrected chi connectivity index (χ2v) is 7.46. The Bertz CT molecular complexity index is 956. The molecule has 3 rings (SSSR count). The number of anilines is 1. The molecular weight excluding hydrogens is 374 g/mol. The molecule has 3 aromatic rings. The molecule has 2 aromatic heterocycles. The van der Waals surface area contributed by atoms with Gasteiger partial charge >= 0.3 is 0 Å². The van der Waals surface area contributed by atoms with Crippen LogP contribution in [0, 0.1) is 6.92 Å². The predicted octanol–water partition coefficient (Wildman–Crippen LogP) is 4.60. The Morgan fingerprint density at radius 2 is 1.93 bits per heavy atom. The number of nitrogens with zero attached hydrogens (tertiary/aromatic N) is 3. The van der Waals surface area contributed by atoms with E-state index in [4.69, 9.17) is 9.47 Å². The number of hydrogen-bond acceptors (Lipinski definition) is 6. The SMILES string of the molecule is CCCCN(C(=O)c1sc2nc(COC)nc(OC)c2c1C)c1ccccc1. The summed E-state index contributed by atoms with van der Waals surface area (Å²) in [5.74, 6) is 0.998. The standard InChI is InChI=1S/C21H25N3O3S/c1-5-6-12-24(15-10-8-7-9-11-15)21(25)18-14(2)17-19(27-4)22-16(13-26-3)23-20(17)28-18/h7-11H,5-6,12-13H2,1-4H3. The Morgan fingerprint density at radius 1 is 1.18 bits per heavy atom. The average Bonchev–Trinajstić information content (AvgIpc) is 3.05. The van der Waals surface area contributed by atoms with Crippen LogP contribution in [-0.4, -0.2) is 36.6 Å². The zero-order valence-electron chi connectivity index (χ0n) is 16.7. The highest BCUT2D eigenvalue weighted by molar-refractivity contribution is 7.20. The fourth-order valence-corrected chi connectivity index (χ4v) is 4.22. The van der Waals surface area contributed by atoms with Crippen LogP contribution in [0.5, 0.6) is 5.88 Å². The summed E-state index contributed by atoms with van der Waals surface area (Å²) in [7, 11) is 3.18. The van der Waals surface area contributed by atoms with Crippen LogP contribution < -0.4 is 9.64 Å². The van der Waals surface area contributed by atoms with Gasteiger partial charge in [0.25, 0.3) is 5.91 Å². The van der Waals surface area contributed by atoms with Crippen LogP contribution in [0.15, 0.2) is 30.3 Å². The first-order valence-corrected chi connectivity index (χ1v) is 10.1. The molecule has 0 aliphatic heterocycles. The maximum absolute atomic E-state index is 13.5. The molecule has 0 saturated carbocycles. The second kappa shape index (κ2) is 9.12. The Kier molecular flexibility index (Phi) is 6.59. The number of aromatic nitrogens is 2. The first-order chi connectivity index (χ1) is 13.6. The largest absolute Gasteiger partial charge is 0.480 e. The number of aryl methyl sites for hydroxylation is 1. The lowest BCUT2D eigenvalue weighted by Crippen LogP contribution is -2.31. The van der Waals surface area contributed by atoms with Gasteiger partial charge in [0.2, 0.25) is 5.88 Å². The van der Waals surface area contributed by atoms with Crippen molar-refractivity contribution >= 4 is 33.1 Å². The normalized spacial score (nSPS) is 11.0. The molecule has 0 unspecified atom stereocenters. The molecule has 1 amide bonds. The number of thiophene rings is 1. The highest BCUT2D eigenvalue weighted by atomic mass is 32.1. The minimum atomic E-state index is -0.0181. The smallest absolute Gasteiger partial charge is 0.268 e. The summed E-state index contributed by atoms with van der Waals surface area (Å²) in [4.78, 5) is 25.7. The molecule has 6 nitrogen and oxygen atoms in total. The zero-order chi connectivity index (χ0) is 20.1. The van der Waals surface area contributed by atoms with Gasteiger partial charge < -0.3 is 14.4 Å². The molecule has 0 aliphatic rings. The van der Waals surface area contributed by atoms with Gasteiger partial charge in [-0.25, -0.2) is 4.98 Å². The Hall–Kier alpha value is -2.51. The van der Waals surface area contributed by atoms with Crippen molar-refractivity contribution in [3.63, 3.8) is 0 Å². The van der Waals surface area contributed by atoms with Crippen LogP contribution in [-0.2, 0) is 11.3 Å². The van der Waals surface area contributed by atoms with E-state index in [9.17, 15) is 4.79 Å². The van der Waals surface area contributed by atoms with Crippen molar-refractivity contribution in [2.24, 2.45) is 0 Å². The van der Waals surface area contributed by atoms with E-state index in [1.165, 1.54) is 11.3 Å². The molecule has 0 atom stereocenters. The van der Waals surface area contributed by atoms with Crippen LogP contribution in [0.2, 0.25) is 0 Å². The molecule has 7 heteroatoms. The number of fused-ring (bicyclic) bond motifs is 1. The van der Waals surface area contributed by atoms with Crippen molar-refractivity contribution < 1.29 is 14.3 Å². The highest BCUT2D eigenvalue weighted by Gasteiger charge is 2.25. The van der Waals surface area contributed by atoms with Crippen molar-refractivity contribution in [1.82, 2.24) is 9.97 Å². The molecule has 0 fully saturated rings. The van der Waals surface area contributed by atoms with Crippen molar-refractivity contribution in [3.8, 4) is 5.88 Å². The van der Waals surface area contributed by atoms with Crippen molar-refractivity contribution in [2.45, 2.75) is 33.3 Å². The zero-order valence-corrected chi connectivity index (χ0v) is 17.5. The average molecular weight is 400 g/mol. The number of carbonyl (C=O) groups excluding carboxylic acids is 1. The molecule has 0 spiro atoms. The van der Waals surface area contributed by atoms with Crippen molar-refractivity contribution in [3.05, 3.63) is 46.6 Å². The fraction of sp³-hybridized carbons (Fsp3) is 0.381. The molecule has 0 N–H and O–H groups in total. The number of para-hydroxylation sites is 1.